The number of anilines is 1. The van der Waals surface area contributed by atoms with Crippen LogP contribution >= 0.6 is 0 Å². The fourth-order valence-electron chi connectivity index (χ4n) is 2.38. The Balaban J connectivity index is 2.07. The van der Waals surface area contributed by atoms with Gasteiger partial charge in [0.05, 0.1) is 32.0 Å². The number of hydrogen-bond acceptors (Lipinski definition) is 6. The lowest BCUT2D eigenvalue weighted by atomic mass is 9.99. The van der Waals surface area contributed by atoms with Crippen LogP contribution in [0.2, 0.25) is 0 Å². The summed E-state index contributed by atoms with van der Waals surface area (Å²) in [6.45, 7) is 6.09. The van der Waals surface area contributed by atoms with Crippen molar-refractivity contribution in [2.75, 3.05) is 31.7 Å². The first kappa shape index (κ1) is 14.6. The highest BCUT2D eigenvalue weighted by atomic mass is 16.5. The van der Waals surface area contributed by atoms with Crippen molar-refractivity contribution in [2.24, 2.45) is 11.8 Å². The smallest absolute Gasteiger partial charge is 0.310 e. The van der Waals surface area contributed by atoms with E-state index in [1.807, 2.05) is 13.8 Å². The van der Waals surface area contributed by atoms with Gasteiger partial charge in [-0.25, -0.2) is 0 Å². The van der Waals surface area contributed by atoms with Crippen molar-refractivity contribution in [2.45, 2.75) is 20.3 Å². The van der Waals surface area contributed by atoms with Crippen LogP contribution in [0, 0.1) is 11.8 Å². The lowest BCUT2D eigenvalue weighted by Crippen LogP contribution is -2.25. The number of rotatable bonds is 5. The zero-order valence-corrected chi connectivity index (χ0v) is 12.2. The Labute approximate surface area is 119 Å². The molecule has 6 heteroatoms. The molecule has 6 nitrogen and oxygen atoms in total. The summed E-state index contributed by atoms with van der Waals surface area (Å²) in [6, 6.07) is 0. The number of ether oxygens (including phenoxy) is 2. The standard InChI is InChI=1S/C14H21N3O3/c1-4-5-20-13-7-15-6-12(16-13)17-8-10(2)11(9-17)14(18)19-3/h6-7,10-11H,4-5,8-9H2,1-3H3. The molecular weight excluding hydrogens is 258 g/mol. The van der Waals surface area contributed by atoms with Gasteiger partial charge in [-0.2, -0.15) is 4.98 Å². The number of carbonyl (C=O) groups excluding carboxylic acids is 1. The molecule has 1 saturated heterocycles. The molecule has 0 aromatic carbocycles. The Morgan fingerprint density at radius 2 is 2.25 bits per heavy atom. The molecule has 0 N–H and O–H groups in total. The molecule has 110 valence electrons. The number of hydrogen-bond donors (Lipinski definition) is 0. The minimum Gasteiger partial charge on any atom is -0.477 e. The van der Waals surface area contributed by atoms with Gasteiger partial charge in [-0.15, -0.1) is 0 Å². The quantitative estimate of drug-likeness (QED) is 0.761. The van der Waals surface area contributed by atoms with E-state index in [4.69, 9.17) is 9.47 Å². The monoisotopic (exact) mass is 279 g/mol. The van der Waals surface area contributed by atoms with E-state index in [2.05, 4.69) is 14.9 Å². The molecule has 1 aromatic rings. The second-order valence-corrected chi connectivity index (χ2v) is 5.08. The molecule has 0 saturated carbocycles. The van der Waals surface area contributed by atoms with Crippen LogP contribution < -0.4 is 9.64 Å². The average molecular weight is 279 g/mol. The number of aromatic nitrogens is 2. The predicted molar refractivity (Wildman–Crippen MR) is 74.7 cm³/mol. The Morgan fingerprint density at radius 3 is 2.95 bits per heavy atom. The van der Waals surface area contributed by atoms with Crippen molar-refractivity contribution >= 4 is 11.8 Å². The summed E-state index contributed by atoms with van der Waals surface area (Å²) in [5, 5.41) is 0. The van der Waals surface area contributed by atoms with Gasteiger partial charge < -0.3 is 14.4 Å². The van der Waals surface area contributed by atoms with Crippen molar-refractivity contribution in [1.82, 2.24) is 9.97 Å². The minimum absolute atomic E-state index is 0.109. The van der Waals surface area contributed by atoms with E-state index < -0.39 is 0 Å². The average Bonchev–Trinajstić information content (AvgIpc) is 2.86. The van der Waals surface area contributed by atoms with E-state index in [9.17, 15) is 4.79 Å². The van der Waals surface area contributed by atoms with Crippen LogP contribution in [0.25, 0.3) is 0 Å². The molecule has 0 amide bonds. The first-order valence-electron chi connectivity index (χ1n) is 6.93. The highest BCUT2D eigenvalue weighted by Crippen LogP contribution is 2.28. The van der Waals surface area contributed by atoms with Crippen molar-refractivity contribution in [1.29, 1.82) is 0 Å². The number of carbonyl (C=O) groups is 1. The second kappa shape index (κ2) is 6.54. The SMILES string of the molecule is CCCOc1cncc(N2CC(C)C(C(=O)OC)C2)n1. The molecule has 20 heavy (non-hydrogen) atoms. The Morgan fingerprint density at radius 1 is 1.45 bits per heavy atom. The first-order chi connectivity index (χ1) is 9.65. The van der Waals surface area contributed by atoms with Gasteiger partial charge in [-0.3, -0.25) is 9.78 Å². The van der Waals surface area contributed by atoms with Crippen LogP contribution in [0.4, 0.5) is 5.82 Å². The third-order valence-electron chi connectivity index (χ3n) is 3.49. The molecule has 1 aliphatic rings. The molecule has 0 bridgehead atoms. The van der Waals surface area contributed by atoms with Crippen LogP contribution in [0.15, 0.2) is 12.4 Å². The van der Waals surface area contributed by atoms with E-state index in [0.717, 1.165) is 18.8 Å². The van der Waals surface area contributed by atoms with Gasteiger partial charge in [0, 0.05) is 13.1 Å². The summed E-state index contributed by atoms with van der Waals surface area (Å²) in [5.74, 6) is 1.24. The van der Waals surface area contributed by atoms with E-state index >= 15 is 0 Å². The van der Waals surface area contributed by atoms with Gasteiger partial charge in [-0.1, -0.05) is 13.8 Å². The normalized spacial score (nSPS) is 21.9. The Hall–Kier alpha value is -1.85. The summed E-state index contributed by atoms with van der Waals surface area (Å²) in [4.78, 5) is 22.3. The third-order valence-corrected chi connectivity index (χ3v) is 3.49. The maximum atomic E-state index is 11.7. The van der Waals surface area contributed by atoms with Gasteiger partial charge in [0.1, 0.15) is 0 Å². The van der Waals surface area contributed by atoms with Gasteiger partial charge in [0.15, 0.2) is 5.82 Å². The molecule has 0 aliphatic carbocycles. The maximum absolute atomic E-state index is 11.7. The Bertz CT molecular complexity index is 467. The van der Waals surface area contributed by atoms with Crippen LogP contribution in [-0.4, -0.2) is 42.7 Å². The van der Waals surface area contributed by atoms with E-state index in [0.29, 0.717) is 19.0 Å². The molecule has 2 rings (SSSR count). The highest BCUT2D eigenvalue weighted by Gasteiger charge is 2.36. The number of methoxy groups -OCH3 is 1. The molecule has 2 unspecified atom stereocenters. The zero-order valence-electron chi connectivity index (χ0n) is 12.2. The molecule has 1 aliphatic heterocycles. The van der Waals surface area contributed by atoms with Crippen molar-refractivity contribution < 1.29 is 14.3 Å². The van der Waals surface area contributed by atoms with Crippen molar-refractivity contribution in [3.8, 4) is 5.88 Å². The third kappa shape index (κ3) is 3.18. The van der Waals surface area contributed by atoms with E-state index in [-0.39, 0.29) is 17.8 Å². The van der Waals surface area contributed by atoms with Crippen LogP contribution in [0.3, 0.4) is 0 Å². The summed E-state index contributed by atoms with van der Waals surface area (Å²) >= 11 is 0. The summed E-state index contributed by atoms with van der Waals surface area (Å²) < 4.78 is 10.3. The number of esters is 1. The van der Waals surface area contributed by atoms with Gasteiger partial charge >= 0.3 is 5.97 Å². The molecule has 2 atom stereocenters. The van der Waals surface area contributed by atoms with Gasteiger partial charge in [-0.05, 0) is 12.3 Å². The van der Waals surface area contributed by atoms with Gasteiger partial charge in [0.2, 0.25) is 5.88 Å². The van der Waals surface area contributed by atoms with Crippen molar-refractivity contribution in [3.05, 3.63) is 12.4 Å². The lowest BCUT2D eigenvalue weighted by molar-refractivity contribution is -0.145. The van der Waals surface area contributed by atoms with Gasteiger partial charge in [0.25, 0.3) is 0 Å². The molecule has 2 heterocycles. The highest BCUT2D eigenvalue weighted by molar-refractivity contribution is 5.74. The van der Waals surface area contributed by atoms with Crippen LogP contribution in [0.1, 0.15) is 20.3 Å². The summed E-state index contributed by atoms with van der Waals surface area (Å²) in [5.41, 5.74) is 0. The van der Waals surface area contributed by atoms with Crippen LogP contribution in [0.5, 0.6) is 5.88 Å². The predicted octanol–water partition coefficient (Wildman–Crippen LogP) is 1.51. The molecular formula is C14H21N3O3. The lowest BCUT2D eigenvalue weighted by Gasteiger charge is -2.17. The molecule has 0 spiro atoms. The molecule has 0 radical (unpaired) electrons. The van der Waals surface area contributed by atoms with Crippen LogP contribution in [-0.2, 0) is 9.53 Å². The zero-order chi connectivity index (χ0) is 14.5. The van der Waals surface area contributed by atoms with Crippen molar-refractivity contribution in [3.63, 3.8) is 0 Å². The first-order valence-corrected chi connectivity index (χ1v) is 6.93. The largest absolute Gasteiger partial charge is 0.477 e. The molecule has 1 aromatic heterocycles. The number of nitrogens with zero attached hydrogens (tertiary/aromatic N) is 3. The molecule has 1 fully saturated rings. The minimum atomic E-state index is -0.161. The van der Waals surface area contributed by atoms with E-state index in [1.54, 1.807) is 12.4 Å². The maximum Gasteiger partial charge on any atom is 0.310 e. The fraction of sp³-hybridized carbons (Fsp3) is 0.643. The fourth-order valence-corrected chi connectivity index (χ4v) is 2.38. The summed E-state index contributed by atoms with van der Waals surface area (Å²) in [7, 11) is 1.43. The Kier molecular flexibility index (Phi) is 4.76. The summed E-state index contributed by atoms with van der Waals surface area (Å²) in [6.07, 6.45) is 4.23. The second-order valence-electron chi connectivity index (χ2n) is 5.08. The topological polar surface area (TPSA) is 64.5 Å². The van der Waals surface area contributed by atoms with E-state index in [1.165, 1.54) is 7.11 Å².